The molecule has 2 fully saturated rings. The van der Waals surface area contributed by atoms with E-state index in [1.165, 1.54) is 30.4 Å². The molecule has 3 rings (SSSR count). The predicted molar refractivity (Wildman–Crippen MR) is 71.0 cm³/mol. The Labute approximate surface area is 104 Å². The highest BCUT2D eigenvalue weighted by Crippen LogP contribution is 2.47. The van der Waals surface area contributed by atoms with Crippen LogP contribution in [-0.2, 0) is 5.41 Å². The summed E-state index contributed by atoms with van der Waals surface area (Å²) >= 11 is 0. The van der Waals surface area contributed by atoms with Crippen LogP contribution in [0.4, 0.5) is 0 Å². The molecule has 1 aliphatic heterocycles. The topological polar surface area (TPSA) is 38.0 Å². The van der Waals surface area contributed by atoms with Crippen LogP contribution in [0.1, 0.15) is 49.8 Å². The first-order chi connectivity index (χ1) is 8.19. The van der Waals surface area contributed by atoms with Crippen LogP contribution in [0.2, 0.25) is 0 Å². The fourth-order valence-electron chi connectivity index (χ4n) is 2.85. The van der Waals surface area contributed by atoms with Crippen molar-refractivity contribution in [1.82, 2.24) is 5.32 Å². The summed E-state index contributed by atoms with van der Waals surface area (Å²) in [5.41, 5.74) is 9.50. The highest BCUT2D eigenvalue weighted by Gasteiger charge is 2.38. The van der Waals surface area contributed by atoms with E-state index < -0.39 is 0 Å². The fourth-order valence-corrected chi connectivity index (χ4v) is 2.85. The van der Waals surface area contributed by atoms with E-state index >= 15 is 0 Å². The minimum Gasteiger partial charge on any atom is -0.326 e. The first-order valence-corrected chi connectivity index (χ1v) is 6.78. The van der Waals surface area contributed by atoms with E-state index in [9.17, 15) is 0 Å². The minimum atomic E-state index is 0.270. The summed E-state index contributed by atoms with van der Waals surface area (Å²) in [7, 11) is 0. The average molecular weight is 230 g/mol. The van der Waals surface area contributed by atoms with Crippen molar-refractivity contribution in [2.75, 3.05) is 6.54 Å². The highest BCUT2D eigenvalue weighted by molar-refractivity contribution is 5.34. The molecule has 2 nitrogen and oxygen atoms in total. The van der Waals surface area contributed by atoms with Crippen molar-refractivity contribution in [3.8, 4) is 0 Å². The molecule has 1 aromatic rings. The molecule has 1 saturated heterocycles. The molecule has 92 valence electrons. The molecule has 2 heteroatoms. The normalized spacial score (nSPS) is 31.2. The van der Waals surface area contributed by atoms with Gasteiger partial charge in [-0.1, -0.05) is 31.2 Å². The largest absolute Gasteiger partial charge is 0.326 e. The smallest absolute Gasteiger partial charge is 0.0473 e. The SMILES string of the molecule is CC1(c2ccc(C3NCCCC3N)cc2)CC1. The quantitative estimate of drug-likeness (QED) is 0.819. The van der Waals surface area contributed by atoms with Gasteiger partial charge in [0.05, 0.1) is 0 Å². The lowest BCUT2D eigenvalue weighted by atomic mass is 9.90. The fraction of sp³-hybridized carbons (Fsp3) is 0.600. The molecule has 0 radical (unpaired) electrons. The maximum atomic E-state index is 6.18. The Kier molecular flexibility index (Phi) is 2.72. The van der Waals surface area contributed by atoms with Crippen LogP contribution in [0.3, 0.4) is 0 Å². The number of hydrogen-bond donors (Lipinski definition) is 2. The van der Waals surface area contributed by atoms with Gasteiger partial charge in [0.2, 0.25) is 0 Å². The molecule has 0 aromatic heterocycles. The Hall–Kier alpha value is -0.860. The van der Waals surface area contributed by atoms with Crippen LogP contribution in [0.5, 0.6) is 0 Å². The van der Waals surface area contributed by atoms with Crippen molar-refractivity contribution in [2.45, 2.75) is 50.1 Å². The second kappa shape index (κ2) is 4.11. The molecular formula is C15H22N2. The number of hydrogen-bond acceptors (Lipinski definition) is 2. The lowest BCUT2D eigenvalue weighted by Crippen LogP contribution is -2.42. The highest BCUT2D eigenvalue weighted by atomic mass is 15.0. The Balaban J connectivity index is 1.79. The molecule has 1 aliphatic carbocycles. The lowest BCUT2D eigenvalue weighted by Gasteiger charge is -2.30. The average Bonchev–Trinajstić information content (AvgIpc) is 3.10. The van der Waals surface area contributed by atoms with E-state index in [1.807, 2.05) is 0 Å². The van der Waals surface area contributed by atoms with Crippen LogP contribution in [-0.4, -0.2) is 12.6 Å². The van der Waals surface area contributed by atoms with Crippen molar-refractivity contribution in [3.05, 3.63) is 35.4 Å². The van der Waals surface area contributed by atoms with Gasteiger partial charge in [-0.3, -0.25) is 0 Å². The van der Waals surface area contributed by atoms with E-state index in [0.717, 1.165) is 13.0 Å². The maximum absolute atomic E-state index is 6.18. The second-order valence-corrected chi connectivity index (χ2v) is 5.92. The first kappa shape index (κ1) is 11.2. The summed E-state index contributed by atoms with van der Waals surface area (Å²) in [6, 6.07) is 9.75. The van der Waals surface area contributed by atoms with Gasteiger partial charge in [-0.15, -0.1) is 0 Å². The molecule has 1 aromatic carbocycles. The van der Waals surface area contributed by atoms with Crippen molar-refractivity contribution in [1.29, 1.82) is 0 Å². The number of nitrogens with one attached hydrogen (secondary N) is 1. The number of benzene rings is 1. The van der Waals surface area contributed by atoms with Crippen LogP contribution in [0.25, 0.3) is 0 Å². The van der Waals surface area contributed by atoms with Crippen molar-refractivity contribution in [2.24, 2.45) is 5.73 Å². The first-order valence-electron chi connectivity index (χ1n) is 6.78. The lowest BCUT2D eigenvalue weighted by molar-refractivity contribution is 0.358. The zero-order valence-electron chi connectivity index (χ0n) is 10.6. The van der Waals surface area contributed by atoms with Gasteiger partial charge in [0, 0.05) is 12.1 Å². The van der Waals surface area contributed by atoms with E-state index in [0.29, 0.717) is 11.5 Å². The Morgan fingerprint density at radius 1 is 1.24 bits per heavy atom. The molecule has 0 bridgehead atoms. The molecule has 0 spiro atoms. The number of rotatable bonds is 2. The van der Waals surface area contributed by atoms with Crippen LogP contribution in [0.15, 0.2) is 24.3 Å². The molecule has 17 heavy (non-hydrogen) atoms. The van der Waals surface area contributed by atoms with Crippen molar-refractivity contribution < 1.29 is 0 Å². The molecule has 1 heterocycles. The zero-order valence-corrected chi connectivity index (χ0v) is 10.6. The molecule has 2 aliphatic rings. The minimum absolute atomic E-state index is 0.270. The third-order valence-electron chi connectivity index (χ3n) is 4.47. The summed E-state index contributed by atoms with van der Waals surface area (Å²) in [5, 5.41) is 3.53. The van der Waals surface area contributed by atoms with E-state index in [-0.39, 0.29) is 6.04 Å². The summed E-state index contributed by atoms with van der Waals surface area (Å²) in [5.74, 6) is 0. The van der Waals surface area contributed by atoms with E-state index in [2.05, 4.69) is 36.5 Å². The van der Waals surface area contributed by atoms with Gasteiger partial charge in [-0.25, -0.2) is 0 Å². The van der Waals surface area contributed by atoms with Crippen molar-refractivity contribution in [3.63, 3.8) is 0 Å². The Morgan fingerprint density at radius 3 is 2.53 bits per heavy atom. The summed E-state index contributed by atoms with van der Waals surface area (Å²) < 4.78 is 0. The van der Waals surface area contributed by atoms with Gasteiger partial charge < -0.3 is 11.1 Å². The second-order valence-electron chi connectivity index (χ2n) is 5.92. The number of piperidine rings is 1. The Morgan fingerprint density at radius 2 is 1.94 bits per heavy atom. The summed E-state index contributed by atoms with van der Waals surface area (Å²) in [6.07, 6.45) is 5.02. The van der Waals surface area contributed by atoms with Gasteiger partial charge in [-0.05, 0) is 48.8 Å². The van der Waals surface area contributed by atoms with E-state index in [4.69, 9.17) is 5.73 Å². The monoisotopic (exact) mass is 230 g/mol. The van der Waals surface area contributed by atoms with Crippen LogP contribution >= 0.6 is 0 Å². The summed E-state index contributed by atoms with van der Waals surface area (Å²) in [4.78, 5) is 0. The third-order valence-corrected chi connectivity index (χ3v) is 4.47. The van der Waals surface area contributed by atoms with Gasteiger partial charge in [0.1, 0.15) is 0 Å². The molecule has 2 unspecified atom stereocenters. The van der Waals surface area contributed by atoms with Gasteiger partial charge >= 0.3 is 0 Å². The predicted octanol–water partition coefficient (Wildman–Crippen LogP) is 2.49. The molecule has 1 saturated carbocycles. The standard InChI is InChI=1S/C15H22N2/c1-15(8-9-15)12-6-4-11(5-7-12)14-13(16)3-2-10-17-14/h4-7,13-14,17H,2-3,8-10,16H2,1H3. The van der Waals surface area contributed by atoms with Gasteiger partial charge in [0.25, 0.3) is 0 Å². The zero-order chi connectivity index (χ0) is 11.9. The third kappa shape index (κ3) is 2.12. The van der Waals surface area contributed by atoms with Gasteiger partial charge in [-0.2, -0.15) is 0 Å². The summed E-state index contributed by atoms with van der Waals surface area (Å²) in [6.45, 7) is 3.45. The van der Waals surface area contributed by atoms with Crippen LogP contribution in [0, 0.1) is 0 Å². The maximum Gasteiger partial charge on any atom is 0.0473 e. The van der Waals surface area contributed by atoms with Gasteiger partial charge in [0.15, 0.2) is 0 Å². The molecule has 3 N–H and O–H groups in total. The number of nitrogens with two attached hydrogens (primary N) is 1. The van der Waals surface area contributed by atoms with Crippen LogP contribution < -0.4 is 11.1 Å². The molecule has 2 atom stereocenters. The molecule has 0 amide bonds. The van der Waals surface area contributed by atoms with Crippen molar-refractivity contribution >= 4 is 0 Å². The molecular weight excluding hydrogens is 208 g/mol. The van der Waals surface area contributed by atoms with E-state index in [1.54, 1.807) is 0 Å². The Bertz CT molecular complexity index is 392.